The molecule has 2 N–H and O–H groups in total. The first-order valence-electron chi connectivity index (χ1n) is 5.91. The van der Waals surface area contributed by atoms with Crippen LogP contribution < -0.4 is 5.32 Å². The Labute approximate surface area is 120 Å². The lowest BCUT2D eigenvalue weighted by atomic mass is 10.2. The molecule has 6 heteroatoms. The molecule has 2 rings (SSSR count). The Bertz CT molecular complexity index is 622. The van der Waals surface area contributed by atoms with E-state index in [1.54, 1.807) is 18.4 Å². The lowest BCUT2D eigenvalue weighted by molar-refractivity contribution is -0.116. The number of carbonyl (C=O) groups is 2. The predicted octanol–water partition coefficient (Wildman–Crippen LogP) is 3.20. The molecule has 0 saturated carbocycles. The van der Waals surface area contributed by atoms with Crippen molar-refractivity contribution in [2.75, 3.05) is 5.32 Å². The summed E-state index contributed by atoms with van der Waals surface area (Å²) in [6.45, 7) is 0. The molecule has 1 aromatic carbocycles. The van der Waals surface area contributed by atoms with Crippen LogP contribution in [0.5, 0.6) is 0 Å². The van der Waals surface area contributed by atoms with Crippen molar-refractivity contribution in [3.63, 3.8) is 0 Å². The Kier molecular flexibility index (Phi) is 4.42. The zero-order valence-corrected chi connectivity index (χ0v) is 11.2. The van der Waals surface area contributed by atoms with Gasteiger partial charge in [-0.2, -0.15) is 0 Å². The van der Waals surface area contributed by atoms with Crippen LogP contribution in [0, 0.1) is 0 Å². The second-order valence-electron chi connectivity index (χ2n) is 4.13. The van der Waals surface area contributed by atoms with Crippen LogP contribution >= 0.6 is 11.6 Å². The summed E-state index contributed by atoms with van der Waals surface area (Å²) in [5.74, 6) is -0.564. The second kappa shape index (κ2) is 6.25. The molecular formula is C14H12ClNO4. The Morgan fingerprint density at radius 1 is 1.30 bits per heavy atom. The van der Waals surface area contributed by atoms with Crippen LogP contribution in [0.3, 0.4) is 0 Å². The highest BCUT2D eigenvalue weighted by Crippen LogP contribution is 2.21. The Balaban J connectivity index is 1.94. The third kappa shape index (κ3) is 3.61. The van der Waals surface area contributed by atoms with Crippen LogP contribution in [-0.4, -0.2) is 17.0 Å². The van der Waals surface area contributed by atoms with Gasteiger partial charge in [0.15, 0.2) is 0 Å². The van der Waals surface area contributed by atoms with E-state index in [4.69, 9.17) is 21.1 Å². The molecule has 0 radical (unpaired) electrons. The summed E-state index contributed by atoms with van der Waals surface area (Å²) in [5.41, 5.74) is 0.463. The molecule has 0 fully saturated rings. The van der Waals surface area contributed by atoms with E-state index in [1.165, 1.54) is 18.2 Å². The minimum Gasteiger partial charge on any atom is -0.478 e. The van der Waals surface area contributed by atoms with Crippen molar-refractivity contribution in [2.45, 2.75) is 12.8 Å². The lowest BCUT2D eigenvalue weighted by Crippen LogP contribution is -2.12. The number of nitrogens with one attached hydrogen (secondary N) is 1. The molecule has 0 unspecified atom stereocenters. The van der Waals surface area contributed by atoms with Crippen molar-refractivity contribution in [1.29, 1.82) is 0 Å². The highest BCUT2D eigenvalue weighted by atomic mass is 35.5. The minimum atomic E-state index is -1.11. The number of halogens is 1. The number of anilines is 1. The maximum atomic E-state index is 11.7. The molecule has 0 aliphatic rings. The van der Waals surface area contributed by atoms with Gasteiger partial charge in [0.25, 0.3) is 0 Å². The van der Waals surface area contributed by atoms with E-state index in [1.807, 2.05) is 0 Å². The smallest absolute Gasteiger partial charge is 0.337 e. The van der Waals surface area contributed by atoms with E-state index in [0.717, 1.165) is 5.76 Å². The number of carboxylic acid groups (broad SMARTS) is 1. The van der Waals surface area contributed by atoms with Gasteiger partial charge in [-0.3, -0.25) is 4.79 Å². The summed E-state index contributed by atoms with van der Waals surface area (Å²) in [5, 5.41) is 11.6. The first kappa shape index (κ1) is 14.1. The summed E-state index contributed by atoms with van der Waals surface area (Å²) < 4.78 is 5.13. The van der Waals surface area contributed by atoms with Gasteiger partial charge in [0.05, 0.1) is 16.8 Å². The average molecular weight is 294 g/mol. The standard InChI is InChI=1S/C14H12ClNO4/c15-12-8-9(3-5-11(12)14(18)19)16-13(17)6-4-10-2-1-7-20-10/h1-3,5,7-8H,4,6H2,(H,16,17)(H,18,19). The van der Waals surface area contributed by atoms with Crippen molar-refractivity contribution in [2.24, 2.45) is 0 Å². The number of hydrogen-bond acceptors (Lipinski definition) is 3. The van der Waals surface area contributed by atoms with Gasteiger partial charge in [0.1, 0.15) is 5.76 Å². The van der Waals surface area contributed by atoms with Gasteiger partial charge in [-0.05, 0) is 30.3 Å². The van der Waals surface area contributed by atoms with Crippen LogP contribution in [0.4, 0.5) is 5.69 Å². The molecule has 1 aromatic heterocycles. The van der Waals surface area contributed by atoms with E-state index < -0.39 is 5.97 Å². The van der Waals surface area contributed by atoms with Crippen molar-refractivity contribution in [3.8, 4) is 0 Å². The fourth-order valence-corrected chi connectivity index (χ4v) is 1.94. The number of aryl methyl sites for hydroxylation is 1. The number of furan rings is 1. The molecule has 5 nitrogen and oxygen atoms in total. The van der Waals surface area contributed by atoms with Crippen LogP contribution in [-0.2, 0) is 11.2 Å². The fraction of sp³-hybridized carbons (Fsp3) is 0.143. The predicted molar refractivity (Wildman–Crippen MR) is 74.1 cm³/mol. The molecule has 2 aromatic rings. The molecule has 1 heterocycles. The largest absolute Gasteiger partial charge is 0.478 e. The van der Waals surface area contributed by atoms with Crippen LogP contribution in [0.1, 0.15) is 22.5 Å². The number of rotatable bonds is 5. The summed E-state index contributed by atoms with van der Waals surface area (Å²) in [6.07, 6.45) is 2.32. The maximum absolute atomic E-state index is 11.7. The van der Waals surface area contributed by atoms with E-state index in [0.29, 0.717) is 12.1 Å². The number of benzene rings is 1. The average Bonchev–Trinajstić information content (AvgIpc) is 2.89. The second-order valence-corrected chi connectivity index (χ2v) is 4.53. The van der Waals surface area contributed by atoms with Gasteiger partial charge in [-0.15, -0.1) is 0 Å². The van der Waals surface area contributed by atoms with Crippen molar-refractivity contribution in [3.05, 3.63) is 52.9 Å². The molecule has 0 bridgehead atoms. The lowest BCUT2D eigenvalue weighted by Gasteiger charge is -2.06. The molecule has 104 valence electrons. The van der Waals surface area contributed by atoms with Gasteiger partial charge in [0.2, 0.25) is 5.91 Å². The molecule has 20 heavy (non-hydrogen) atoms. The van der Waals surface area contributed by atoms with Crippen molar-refractivity contribution in [1.82, 2.24) is 0 Å². The Morgan fingerprint density at radius 3 is 2.70 bits per heavy atom. The Hall–Kier alpha value is -2.27. The van der Waals surface area contributed by atoms with Gasteiger partial charge < -0.3 is 14.8 Å². The Morgan fingerprint density at radius 2 is 2.10 bits per heavy atom. The van der Waals surface area contributed by atoms with Crippen molar-refractivity contribution >= 4 is 29.2 Å². The molecule has 0 aliphatic carbocycles. The number of aromatic carboxylic acids is 1. The number of amides is 1. The highest BCUT2D eigenvalue weighted by molar-refractivity contribution is 6.33. The summed E-state index contributed by atoms with van der Waals surface area (Å²) >= 11 is 5.82. The topological polar surface area (TPSA) is 79.5 Å². The highest BCUT2D eigenvalue weighted by Gasteiger charge is 2.10. The van der Waals surface area contributed by atoms with Gasteiger partial charge in [-0.25, -0.2) is 4.79 Å². The minimum absolute atomic E-state index is 0.000233. The summed E-state index contributed by atoms with van der Waals surface area (Å²) in [4.78, 5) is 22.5. The molecule has 0 aliphatic heterocycles. The van der Waals surface area contributed by atoms with Gasteiger partial charge in [-0.1, -0.05) is 11.6 Å². The molecular weight excluding hydrogens is 282 g/mol. The van der Waals surface area contributed by atoms with Crippen LogP contribution in [0.2, 0.25) is 5.02 Å². The van der Waals surface area contributed by atoms with Gasteiger partial charge >= 0.3 is 5.97 Å². The number of hydrogen-bond donors (Lipinski definition) is 2. The zero-order chi connectivity index (χ0) is 14.5. The number of carbonyl (C=O) groups excluding carboxylic acids is 1. The first-order valence-corrected chi connectivity index (χ1v) is 6.29. The third-order valence-electron chi connectivity index (χ3n) is 2.66. The van der Waals surface area contributed by atoms with E-state index in [9.17, 15) is 9.59 Å². The SMILES string of the molecule is O=C(CCc1ccco1)Nc1ccc(C(=O)O)c(Cl)c1. The molecule has 0 saturated heterocycles. The monoisotopic (exact) mass is 293 g/mol. The zero-order valence-electron chi connectivity index (χ0n) is 10.4. The maximum Gasteiger partial charge on any atom is 0.337 e. The van der Waals surface area contributed by atoms with Crippen LogP contribution in [0.25, 0.3) is 0 Å². The third-order valence-corrected chi connectivity index (χ3v) is 2.97. The van der Waals surface area contributed by atoms with Crippen LogP contribution in [0.15, 0.2) is 41.0 Å². The molecule has 1 amide bonds. The van der Waals surface area contributed by atoms with E-state index >= 15 is 0 Å². The quantitative estimate of drug-likeness (QED) is 0.887. The van der Waals surface area contributed by atoms with E-state index in [-0.39, 0.29) is 22.9 Å². The fourth-order valence-electron chi connectivity index (χ4n) is 1.68. The summed E-state index contributed by atoms with van der Waals surface area (Å²) in [7, 11) is 0. The molecule has 0 atom stereocenters. The summed E-state index contributed by atoms with van der Waals surface area (Å²) in [6, 6.07) is 7.83. The number of carboxylic acids is 1. The van der Waals surface area contributed by atoms with Crippen molar-refractivity contribution < 1.29 is 19.1 Å². The molecule has 0 spiro atoms. The van der Waals surface area contributed by atoms with Gasteiger partial charge in [0, 0.05) is 18.5 Å². The normalized spacial score (nSPS) is 10.2. The van der Waals surface area contributed by atoms with E-state index in [2.05, 4.69) is 5.32 Å². The first-order chi connectivity index (χ1) is 9.56.